The van der Waals surface area contributed by atoms with Crippen molar-refractivity contribution < 1.29 is 9.90 Å². The molecule has 0 aliphatic heterocycles. The topological polar surface area (TPSA) is 40.5 Å². The molecule has 1 N–H and O–H groups in total. The van der Waals surface area contributed by atoms with Gasteiger partial charge < -0.3 is 10.0 Å². The van der Waals surface area contributed by atoms with Crippen LogP contribution in [0.4, 0.5) is 5.69 Å². The summed E-state index contributed by atoms with van der Waals surface area (Å²) in [4.78, 5) is 13.4. The van der Waals surface area contributed by atoms with Gasteiger partial charge in [-0.1, -0.05) is 25.0 Å². The van der Waals surface area contributed by atoms with Gasteiger partial charge in [-0.3, -0.25) is 0 Å². The van der Waals surface area contributed by atoms with E-state index in [4.69, 9.17) is 0 Å². The number of para-hydroxylation sites is 1. The summed E-state index contributed by atoms with van der Waals surface area (Å²) in [6, 6.07) is 5.48. The first-order chi connectivity index (χ1) is 8.59. The fourth-order valence-corrected chi connectivity index (χ4v) is 3.01. The zero-order valence-corrected chi connectivity index (χ0v) is 11.1. The maximum absolute atomic E-state index is 11.3. The highest BCUT2D eigenvalue weighted by molar-refractivity contribution is 5.95. The van der Waals surface area contributed by atoms with Crippen molar-refractivity contribution in [1.29, 1.82) is 0 Å². The van der Waals surface area contributed by atoms with Gasteiger partial charge in [0, 0.05) is 13.6 Å². The molecule has 1 aromatic carbocycles. The van der Waals surface area contributed by atoms with E-state index in [-0.39, 0.29) is 0 Å². The standard InChI is InChI=1S/C15H21NO2/c1-11-6-5-9-13(15(17)18)14(11)16(2)10-12-7-3-4-8-12/h5-6,9,12H,3-4,7-8,10H2,1-2H3,(H,17,18). The van der Waals surface area contributed by atoms with Crippen LogP contribution in [0, 0.1) is 12.8 Å². The first-order valence-electron chi connectivity index (χ1n) is 6.63. The Morgan fingerprint density at radius 3 is 2.67 bits per heavy atom. The molecular weight excluding hydrogens is 226 g/mol. The minimum atomic E-state index is -0.841. The predicted octanol–water partition coefficient (Wildman–Crippen LogP) is 3.32. The summed E-state index contributed by atoms with van der Waals surface area (Å²) in [5, 5.41) is 9.27. The maximum Gasteiger partial charge on any atom is 0.337 e. The van der Waals surface area contributed by atoms with E-state index in [9.17, 15) is 9.90 Å². The monoisotopic (exact) mass is 247 g/mol. The Kier molecular flexibility index (Phi) is 3.90. The molecule has 1 saturated carbocycles. The van der Waals surface area contributed by atoms with Crippen molar-refractivity contribution in [3.05, 3.63) is 29.3 Å². The van der Waals surface area contributed by atoms with Gasteiger partial charge in [0.05, 0.1) is 11.3 Å². The van der Waals surface area contributed by atoms with Crippen molar-refractivity contribution in [3.63, 3.8) is 0 Å². The van der Waals surface area contributed by atoms with Crippen molar-refractivity contribution in [2.45, 2.75) is 32.6 Å². The number of carboxylic acids is 1. The third-order valence-electron chi connectivity index (χ3n) is 3.86. The summed E-state index contributed by atoms with van der Waals surface area (Å²) in [5.41, 5.74) is 2.32. The summed E-state index contributed by atoms with van der Waals surface area (Å²) < 4.78 is 0. The predicted molar refractivity (Wildman–Crippen MR) is 73.4 cm³/mol. The van der Waals surface area contributed by atoms with Crippen LogP contribution >= 0.6 is 0 Å². The second-order valence-corrected chi connectivity index (χ2v) is 5.31. The normalized spacial score (nSPS) is 15.9. The van der Waals surface area contributed by atoms with Crippen LogP contribution in [-0.4, -0.2) is 24.7 Å². The van der Waals surface area contributed by atoms with E-state index in [1.807, 2.05) is 26.1 Å². The van der Waals surface area contributed by atoms with Gasteiger partial charge in [0.2, 0.25) is 0 Å². The number of rotatable bonds is 4. The van der Waals surface area contributed by atoms with Gasteiger partial charge in [-0.25, -0.2) is 4.79 Å². The third-order valence-corrected chi connectivity index (χ3v) is 3.86. The number of hydrogen-bond acceptors (Lipinski definition) is 2. The van der Waals surface area contributed by atoms with Crippen LogP contribution in [0.1, 0.15) is 41.6 Å². The Morgan fingerprint density at radius 1 is 1.39 bits per heavy atom. The lowest BCUT2D eigenvalue weighted by molar-refractivity contribution is 0.0697. The molecule has 0 amide bonds. The molecule has 0 spiro atoms. The fourth-order valence-electron chi connectivity index (χ4n) is 3.01. The Bertz CT molecular complexity index is 436. The number of nitrogens with zero attached hydrogens (tertiary/aromatic N) is 1. The van der Waals surface area contributed by atoms with Crippen molar-refractivity contribution in [3.8, 4) is 0 Å². The van der Waals surface area contributed by atoms with Crippen LogP contribution < -0.4 is 4.90 Å². The molecule has 1 fully saturated rings. The SMILES string of the molecule is Cc1cccc(C(=O)O)c1N(C)CC1CCCC1. The highest BCUT2D eigenvalue weighted by atomic mass is 16.4. The second-order valence-electron chi connectivity index (χ2n) is 5.31. The molecular formula is C15H21NO2. The van der Waals surface area contributed by atoms with E-state index in [0.29, 0.717) is 5.56 Å². The van der Waals surface area contributed by atoms with Crippen molar-refractivity contribution >= 4 is 11.7 Å². The van der Waals surface area contributed by atoms with E-state index in [0.717, 1.165) is 23.7 Å². The van der Waals surface area contributed by atoms with Crippen LogP contribution in [0.2, 0.25) is 0 Å². The highest BCUT2D eigenvalue weighted by Crippen LogP contribution is 2.29. The van der Waals surface area contributed by atoms with Gasteiger partial charge >= 0.3 is 5.97 Å². The number of hydrogen-bond donors (Lipinski definition) is 1. The fraction of sp³-hybridized carbons (Fsp3) is 0.533. The molecule has 2 rings (SSSR count). The lowest BCUT2D eigenvalue weighted by atomic mass is 10.0. The maximum atomic E-state index is 11.3. The highest BCUT2D eigenvalue weighted by Gasteiger charge is 2.20. The average Bonchev–Trinajstić information content (AvgIpc) is 2.81. The molecule has 1 aliphatic carbocycles. The number of carboxylic acid groups (broad SMARTS) is 1. The van der Waals surface area contributed by atoms with Crippen LogP contribution in [0.25, 0.3) is 0 Å². The number of benzene rings is 1. The smallest absolute Gasteiger partial charge is 0.337 e. The van der Waals surface area contributed by atoms with E-state index in [1.165, 1.54) is 25.7 Å². The first-order valence-corrected chi connectivity index (χ1v) is 6.63. The molecule has 0 saturated heterocycles. The first kappa shape index (κ1) is 12.9. The van der Waals surface area contributed by atoms with E-state index < -0.39 is 5.97 Å². The zero-order valence-electron chi connectivity index (χ0n) is 11.1. The van der Waals surface area contributed by atoms with Gasteiger partial charge in [-0.05, 0) is 37.3 Å². The van der Waals surface area contributed by atoms with Crippen LogP contribution in [0.15, 0.2) is 18.2 Å². The molecule has 0 heterocycles. The van der Waals surface area contributed by atoms with Crippen molar-refractivity contribution in [1.82, 2.24) is 0 Å². The summed E-state index contributed by atoms with van der Waals surface area (Å²) in [7, 11) is 2.01. The number of anilines is 1. The zero-order chi connectivity index (χ0) is 13.1. The molecule has 0 bridgehead atoms. The second kappa shape index (κ2) is 5.42. The Hall–Kier alpha value is -1.51. The minimum Gasteiger partial charge on any atom is -0.478 e. The molecule has 98 valence electrons. The number of aryl methyl sites for hydroxylation is 1. The van der Waals surface area contributed by atoms with Crippen molar-refractivity contribution in [2.24, 2.45) is 5.92 Å². The lowest BCUT2D eigenvalue weighted by Gasteiger charge is -2.26. The van der Waals surface area contributed by atoms with E-state index >= 15 is 0 Å². The summed E-state index contributed by atoms with van der Waals surface area (Å²) in [6.45, 7) is 2.94. The quantitative estimate of drug-likeness (QED) is 0.887. The molecule has 1 aromatic rings. The third kappa shape index (κ3) is 2.66. The molecule has 3 heteroatoms. The Balaban J connectivity index is 2.22. The van der Waals surface area contributed by atoms with Gasteiger partial charge in [0.15, 0.2) is 0 Å². The summed E-state index contributed by atoms with van der Waals surface area (Å²) in [5.74, 6) is -0.122. The molecule has 0 atom stereocenters. The van der Waals surface area contributed by atoms with Gasteiger partial charge in [-0.15, -0.1) is 0 Å². The number of carbonyl (C=O) groups is 1. The van der Waals surface area contributed by atoms with Crippen molar-refractivity contribution in [2.75, 3.05) is 18.5 Å². The van der Waals surface area contributed by atoms with Crippen LogP contribution in [0.3, 0.4) is 0 Å². The molecule has 0 unspecified atom stereocenters. The van der Waals surface area contributed by atoms with Gasteiger partial charge in [0.25, 0.3) is 0 Å². The molecule has 3 nitrogen and oxygen atoms in total. The van der Waals surface area contributed by atoms with Gasteiger partial charge in [-0.2, -0.15) is 0 Å². The molecule has 0 radical (unpaired) electrons. The summed E-state index contributed by atoms with van der Waals surface area (Å²) in [6.07, 6.45) is 5.19. The van der Waals surface area contributed by atoms with Crippen LogP contribution in [0.5, 0.6) is 0 Å². The lowest BCUT2D eigenvalue weighted by Crippen LogP contribution is -2.26. The van der Waals surface area contributed by atoms with E-state index in [2.05, 4.69) is 4.90 Å². The number of aromatic carboxylic acids is 1. The molecule has 1 aliphatic rings. The molecule has 0 aromatic heterocycles. The Morgan fingerprint density at radius 2 is 2.06 bits per heavy atom. The van der Waals surface area contributed by atoms with Crippen LogP contribution in [-0.2, 0) is 0 Å². The Labute approximate surface area is 108 Å². The summed E-state index contributed by atoms with van der Waals surface area (Å²) >= 11 is 0. The van der Waals surface area contributed by atoms with Gasteiger partial charge in [0.1, 0.15) is 0 Å². The van der Waals surface area contributed by atoms with E-state index in [1.54, 1.807) is 6.07 Å². The molecule has 18 heavy (non-hydrogen) atoms. The largest absolute Gasteiger partial charge is 0.478 e. The average molecular weight is 247 g/mol. The minimum absolute atomic E-state index is 0.412.